The molecule has 0 aliphatic heterocycles. The fraction of sp³-hybridized carbons (Fsp3) is 0.107. The van der Waals surface area contributed by atoms with Gasteiger partial charge in [0.2, 0.25) is 0 Å². The molecule has 4 rings (SSSR count). The Morgan fingerprint density at radius 2 is 1.33 bits per heavy atom. The predicted molar refractivity (Wildman–Crippen MR) is 128 cm³/mol. The minimum absolute atomic E-state index is 0.0802. The second-order valence-corrected chi connectivity index (χ2v) is 7.50. The van der Waals surface area contributed by atoms with Crippen molar-refractivity contribution >= 4 is 11.7 Å². The molecule has 0 aliphatic rings. The van der Waals surface area contributed by atoms with Gasteiger partial charge < -0.3 is 19.9 Å². The minimum atomic E-state index is -0.993. The van der Waals surface area contributed by atoms with E-state index in [9.17, 15) is 9.90 Å². The molecule has 0 saturated carbocycles. The van der Waals surface area contributed by atoms with Gasteiger partial charge in [0.15, 0.2) is 6.10 Å². The van der Waals surface area contributed by atoms with E-state index in [-0.39, 0.29) is 12.4 Å². The van der Waals surface area contributed by atoms with Crippen LogP contribution in [0, 0.1) is 0 Å². The summed E-state index contributed by atoms with van der Waals surface area (Å²) in [5.74, 6) is -0.0178. The van der Waals surface area contributed by atoms with E-state index in [0.717, 1.165) is 11.1 Å². The summed E-state index contributed by atoms with van der Waals surface area (Å²) in [6.45, 7) is 0.223. The number of phenolic OH excluding ortho intramolecular Hbond substituents is 1. The molecule has 2 atom stereocenters. The van der Waals surface area contributed by atoms with Crippen molar-refractivity contribution in [3.8, 4) is 11.5 Å². The van der Waals surface area contributed by atoms with E-state index in [1.165, 1.54) is 0 Å². The van der Waals surface area contributed by atoms with E-state index in [2.05, 4.69) is 5.32 Å². The van der Waals surface area contributed by atoms with Crippen LogP contribution in [0.2, 0.25) is 0 Å². The lowest BCUT2D eigenvalue weighted by Crippen LogP contribution is -2.38. The molecule has 2 N–H and O–H groups in total. The number of phenols is 1. The summed E-state index contributed by atoms with van der Waals surface area (Å²) < 4.78 is 11.8. The average Bonchev–Trinajstić information content (AvgIpc) is 2.86. The highest BCUT2D eigenvalue weighted by atomic mass is 16.6. The van der Waals surface area contributed by atoms with Crippen LogP contribution < -0.4 is 10.1 Å². The Bertz CT molecular complexity index is 1150. The van der Waals surface area contributed by atoms with Gasteiger partial charge in [-0.3, -0.25) is 0 Å². The van der Waals surface area contributed by atoms with Crippen molar-refractivity contribution in [3.63, 3.8) is 0 Å². The lowest BCUT2D eigenvalue weighted by Gasteiger charge is -2.28. The highest BCUT2D eigenvalue weighted by Crippen LogP contribution is 2.31. The molecule has 5 nitrogen and oxygen atoms in total. The van der Waals surface area contributed by atoms with Crippen LogP contribution in [0.3, 0.4) is 0 Å². The molecule has 0 saturated heterocycles. The normalized spacial score (nSPS) is 12.5. The number of carbonyl (C=O) groups excluding carboxylic acids is 1. The monoisotopic (exact) mass is 439 g/mol. The van der Waals surface area contributed by atoms with Gasteiger partial charge in [0, 0.05) is 0 Å². The second kappa shape index (κ2) is 11.0. The molecule has 166 valence electrons. The third-order valence-corrected chi connectivity index (χ3v) is 5.14. The van der Waals surface area contributed by atoms with Crippen LogP contribution in [0.25, 0.3) is 0 Å². The summed E-state index contributed by atoms with van der Waals surface area (Å²) in [6.07, 6.45) is -0.993. The third kappa shape index (κ3) is 5.99. The molecule has 0 spiro atoms. The summed E-state index contributed by atoms with van der Waals surface area (Å²) in [6, 6.07) is 34.3. The average molecular weight is 440 g/mol. The molecule has 33 heavy (non-hydrogen) atoms. The molecule has 0 unspecified atom stereocenters. The zero-order chi connectivity index (χ0) is 22.9. The fourth-order valence-electron chi connectivity index (χ4n) is 3.48. The van der Waals surface area contributed by atoms with Gasteiger partial charge in [-0.15, -0.1) is 0 Å². The van der Waals surface area contributed by atoms with Crippen molar-refractivity contribution in [1.82, 2.24) is 0 Å². The first kappa shape index (κ1) is 22.1. The number of aromatic hydroxyl groups is 1. The maximum absolute atomic E-state index is 13.4. The van der Waals surface area contributed by atoms with Crippen LogP contribution in [-0.2, 0) is 16.1 Å². The molecule has 5 heteroatoms. The van der Waals surface area contributed by atoms with Gasteiger partial charge in [-0.05, 0) is 35.4 Å². The fourth-order valence-corrected chi connectivity index (χ4v) is 3.48. The Balaban J connectivity index is 1.67. The van der Waals surface area contributed by atoms with Crippen molar-refractivity contribution < 1.29 is 19.4 Å². The molecule has 0 heterocycles. The SMILES string of the molecule is O=C(Oc1ccccc1)[C@H](OCc1ccccc1)[C@H](Nc1ccccc1O)c1ccccc1. The zero-order valence-electron chi connectivity index (χ0n) is 18.0. The standard InChI is InChI=1S/C28H25NO4/c30-25-19-11-10-18-24(25)29-26(22-14-6-2-7-15-22)27(32-20-21-12-4-1-5-13-21)28(31)33-23-16-8-3-9-17-23/h1-19,26-27,29-30H,20H2/t26-,27-/m1/s1. The molecule has 0 radical (unpaired) electrons. The van der Waals surface area contributed by atoms with Gasteiger partial charge in [-0.1, -0.05) is 91.0 Å². The number of para-hydroxylation sites is 3. The third-order valence-electron chi connectivity index (χ3n) is 5.14. The van der Waals surface area contributed by atoms with Crippen molar-refractivity contribution in [2.75, 3.05) is 5.32 Å². The quantitative estimate of drug-likeness (QED) is 0.198. The maximum Gasteiger partial charge on any atom is 0.343 e. The Labute approximate surface area is 193 Å². The highest BCUT2D eigenvalue weighted by molar-refractivity contribution is 5.79. The van der Waals surface area contributed by atoms with E-state index in [1.807, 2.05) is 72.8 Å². The molecule has 0 bridgehead atoms. The summed E-state index contributed by atoms with van der Waals surface area (Å²) in [4.78, 5) is 13.4. The van der Waals surface area contributed by atoms with Crippen LogP contribution >= 0.6 is 0 Å². The summed E-state index contributed by atoms with van der Waals surface area (Å²) >= 11 is 0. The number of hydrogen-bond acceptors (Lipinski definition) is 5. The van der Waals surface area contributed by atoms with Gasteiger partial charge in [-0.2, -0.15) is 0 Å². The summed E-state index contributed by atoms with van der Waals surface area (Å²) in [5, 5.41) is 13.6. The van der Waals surface area contributed by atoms with Crippen molar-refractivity contribution in [2.24, 2.45) is 0 Å². The number of hydrogen-bond donors (Lipinski definition) is 2. The molecular formula is C28H25NO4. The first-order valence-corrected chi connectivity index (χ1v) is 10.7. The Morgan fingerprint density at radius 1 is 0.758 bits per heavy atom. The van der Waals surface area contributed by atoms with Crippen LogP contribution in [0.4, 0.5) is 5.69 Å². The smallest absolute Gasteiger partial charge is 0.343 e. The summed E-state index contributed by atoms with van der Waals surface area (Å²) in [5.41, 5.74) is 2.25. The zero-order valence-corrected chi connectivity index (χ0v) is 18.0. The number of rotatable bonds is 9. The van der Waals surface area contributed by atoms with Crippen LogP contribution in [0.1, 0.15) is 17.2 Å². The maximum atomic E-state index is 13.4. The molecule has 0 fully saturated rings. The van der Waals surface area contributed by atoms with E-state index in [1.54, 1.807) is 42.5 Å². The number of benzene rings is 4. The van der Waals surface area contributed by atoms with Crippen LogP contribution in [0.15, 0.2) is 115 Å². The van der Waals surface area contributed by atoms with Gasteiger partial charge in [0.1, 0.15) is 11.5 Å². The number of ether oxygens (including phenoxy) is 2. The topological polar surface area (TPSA) is 67.8 Å². The Morgan fingerprint density at radius 3 is 2.00 bits per heavy atom. The van der Waals surface area contributed by atoms with Gasteiger partial charge in [-0.25, -0.2) is 4.79 Å². The van der Waals surface area contributed by atoms with Crippen molar-refractivity contribution in [1.29, 1.82) is 0 Å². The van der Waals surface area contributed by atoms with E-state index < -0.39 is 18.1 Å². The lowest BCUT2D eigenvalue weighted by molar-refractivity contribution is -0.149. The predicted octanol–water partition coefficient (Wildman–Crippen LogP) is 5.74. The van der Waals surface area contributed by atoms with Gasteiger partial charge in [0.05, 0.1) is 18.3 Å². The molecule has 4 aromatic carbocycles. The molecule has 0 aromatic heterocycles. The molecular weight excluding hydrogens is 414 g/mol. The highest BCUT2D eigenvalue weighted by Gasteiger charge is 2.33. The van der Waals surface area contributed by atoms with Gasteiger partial charge in [0.25, 0.3) is 0 Å². The van der Waals surface area contributed by atoms with Crippen molar-refractivity contribution in [2.45, 2.75) is 18.8 Å². The largest absolute Gasteiger partial charge is 0.506 e. The van der Waals surface area contributed by atoms with Crippen LogP contribution in [0.5, 0.6) is 11.5 Å². The Hall–Kier alpha value is -4.09. The van der Waals surface area contributed by atoms with Crippen molar-refractivity contribution in [3.05, 3.63) is 126 Å². The van der Waals surface area contributed by atoms with E-state index in [4.69, 9.17) is 9.47 Å². The van der Waals surface area contributed by atoms with Crippen LogP contribution in [-0.4, -0.2) is 17.2 Å². The lowest BCUT2D eigenvalue weighted by atomic mass is 10.00. The number of carbonyl (C=O) groups is 1. The molecule has 0 amide bonds. The molecule has 4 aromatic rings. The van der Waals surface area contributed by atoms with E-state index >= 15 is 0 Å². The number of anilines is 1. The summed E-state index contributed by atoms with van der Waals surface area (Å²) in [7, 11) is 0. The van der Waals surface area contributed by atoms with E-state index in [0.29, 0.717) is 11.4 Å². The number of esters is 1. The minimum Gasteiger partial charge on any atom is -0.506 e. The second-order valence-electron chi connectivity index (χ2n) is 7.50. The Kier molecular flexibility index (Phi) is 7.36. The number of nitrogens with one attached hydrogen (secondary N) is 1. The first-order valence-electron chi connectivity index (χ1n) is 10.7. The van der Waals surface area contributed by atoms with Gasteiger partial charge >= 0.3 is 5.97 Å². The first-order chi connectivity index (χ1) is 16.2. The molecule has 0 aliphatic carbocycles.